The maximum Gasteiger partial charge on any atom is 0.260 e. The van der Waals surface area contributed by atoms with Crippen LogP contribution in [0.25, 0.3) is 49.5 Å². The number of benzene rings is 4. The molecule has 7 aliphatic rings. The van der Waals surface area contributed by atoms with Crippen LogP contribution >= 0.6 is 0 Å². The topological polar surface area (TPSA) is 40.6 Å². The van der Waals surface area contributed by atoms with Crippen LogP contribution in [0.4, 0.5) is 0 Å². The molecule has 260 valence electrons. The van der Waals surface area contributed by atoms with Crippen molar-refractivity contribution in [2.75, 3.05) is 14.1 Å². The summed E-state index contributed by atoms with van der Waals surface area (Å²) in [6, 6.07) is 13.8. The second-order valence-corrected chi connectivity index (χ2v) is 16.8. The van der Waals surface area contributed by atoms with E-state index in [1.165, 1.54) is 99.0 Å². The third-order valence-corrected chi connectivity index (χ3v) is 14.1. The van der Waals surface area contributed by atoms with Gasteiger partial charge in [-0.15, -0.1) is 5.73 Å². The minimum Gasteiger partial charge on any atom is -0.361 e. The number of aryl methyl sites for hydroxylation is 2. The molecule has 4 aromatic carbocycles. The molecule has 53 heavy (non-hydrogen) atoms. The molecule has 5 atom stereocenters. The molecule has 2 amide bonds. The molecule has 4 aromatic rings. The second-order valence-electron chi connectivity index (χ2n) is 16.8. The lowest BCUT2D eigenvalue weighted by Crippen LogP contribution is -2.45. The van der Waals surface area contributed by atoms with Gasteiger partial charge in [-0.05, 0) is 148 Å². The SMILES string of the molecule is C=C=C1c2cc3c(-c4cc(C)ccc4C)cc4cc5c6c7c4c3c3c2C(=CC2C=C(C4CC(C)=CC=C4C)C(=C7C32)CC6C(=O)N(C)C5=O)C(C)N1C. The Morgan fingerprint density at radius 3 is 2.36 bits per heavy atom. The molecule has 4 nitrogen and oxygen atoms in total. The Bertz CT molecular complexity index is 2770. The summed E-state index contributed by atoms with van der Waals surface area (Å²) in [4.78, 5) is 32.3. The van der Waals surface area contributed by atoms with Crippen LogP contribution in [0.15, 0.2) is 95.3 Å². The lowest BCUT2D eigenvalue weighted by molar-refractivity contribution is -0.129. The average molecular weight is 691 g/mol. The lowest BCUT2D eigenvalue weighted by Gasteiger charge is -2.50. The molecular weight excluding hydrogens is 649 g/mol. The van der Waals surface area contributed by atoms with Gasteiger partial charge in [-0.1, -0.05) is 65.8 Å². The summed E-state index contributed by atoms with van der Waals surface area (Å²) in [6.07, 6.45) is 11.3. The quantitative estimate of drug-likeness (QED) is 0.119. The number of carbonyl (C=O) groups is 2. The maximum atomic E-state index is 14.3. The number of imide groups is 1. The molecule has 0 radical (unpaired) electrons. The molecule has 5 unspecified atom stereocenters. The normalized spacial score (nSPS) is 26.0. The zero-order valence-electron chi connectivity index (χ0n) is 31.5. The van der Waals surface area contributed by atoms with E-state index in [0.29, 0.717) is 12.0 Å². The number of nitrogens with zero attached hydrogens (tertiary/aromatic N) is 2. The van der Waals surface area contributed by atoms with Gasteiger partial charge in [0.15, 0.2) is 0 Å². The molecular formula is C49H42N2O2. The van der Waals surface area contributed by atoms with Crippen LogP contribution in [-0.2, 0) is 4.79 Å². The number of hydrogen-bond donors (Lipinski definition) is 0. The Kier molecular flexibility index (Phi) is 5.96. The summed E-state index contributed by atoms with van der Waals surface area (Å²) >= 11 is 0. The molecule has 11 rings (SSSR count). The standard InChI is InChI=1S/C49H42N2O2/c1-9-39-36-20-34-32(29-14-22(2)10-12-24(29)4)18-28-19-37-43-38(49(53)51(8)48(37)52)21-35-33(30-15-23(3)11-13-25(30)5)17-27-16-31(26(6)50(39)7)42(36)46-40(27)45(35)47(43)41(28)44(34)46/h10-14,16-20,26-27,30,38,40H,1,15,21H2,2-8H3. The number of likely N-dealkylation sites (N-methyl/N-ethyl adjacent to an activating group) is 2. The van der Waals surface area contributed by atoms with Gasteiger partial charge in [0.1, 0.15) is 0 Å². The van der Waals surface area contributed by atoms with E-state index in [1.54, 1.807) is 7.05 Å². The molecule has 0 saturated heterocycles. The number of amides is 2. The van der Waals surface area contributed by atoms with Crippen LogP contribution < -0.4 is 0 Å². The first-order valence-electron chi connectivity index (χ1n) is 19.2. The van der Waals surface area contributed by atoms with Gasteiger partial charge in [0, 0.05) is 43.0 Å². The van der Waals surface area contributed by atoms with E-state index in [0.717, 1.165) is 23.1 Å². The molecule has 0 aromatic heterocycles. The molecule has 2 aliphatic heterocycles. The van der Waals surface area contributed by atoms with Gasteiger partial charge in [-0.3, -0.25) is 14.5 Å². The summed E-state index contributed by atoms with van der Waals surface area (Å²) < 4.78 is 0. The summed E-state index contributed by atoms with van der Waals surface area (Å²) in [5.74, 6) is -0.174. The Morgan fingerprint density at radius 2 is 1.57 bits per heavy atom. The third-order valence-electron chi connectivity index (χ3n) is 14.1. The van der Waals surface area contributed by atoms with E-state index < -0.39 is 0 Å². The van der Waals surface area contributed by atoms with Gasteiger partial charge >= 0.3 is 0 Å². The summed E-state index contributed by atoms with van der Waals surface area (Å²) in [5.41, 5.74) is 24.2. The minimum absolute atomic E-state index is 0.0824. The van der Waals surface area contributed by atoms with Gasteiger partial charge < -0.3 is 4.90 Å². The first-order chi connectivity index (χ1) is 25.5. The maximum absolute atomic E-state index is 14.3. The average Bonchev–Trinajstić information content (AvgIpc) is 3.15. The minimum atomic E-state index is -0.387. The summed E-state index contributed by atoms with van der Waals surface area (Å²) in [5, 5.41) is 4.81. The highest BCUT2D eigenvalue weighted by molar-refractivity contribution is 6.27. The number of hydrogen-bond acceptors (Lipinski definition) is 3. The summed E-state index contributed by atoms with van der Waals surface area (Å²) in [7, 11) is 3.85. The number of carbonyl (C=O) groups excluding carboxylic acids is 2. The lowest BCUT2D eigenvalue weighted by atomic mass is 9.55. The van der Waals surface area contributed by atoms with Gasteiger partial charge in [-0.2, -0.15) is 0 Å². The second kappa shape index (κ2) is 10.2. The van der Waals surface area contributed by atoms with Crippen LogP contribution in [0.3, 0.4) is 0 Å². The smallest absolute Gasteiger partial charge is 0.260 e. The highest BCUT2D eigenvalue weighted by Crippen LogP contribution is 2.66. The van der Waals surface area contributed by atoms with Crippen molar-refractivity contribution >= 4 is 50.2 Å². The molecule has 0 bridgehead atoms. The van der Waals surface area contributed by atoms with Crippen molar-refractivity contribution in [1.82, 2.24) is 9.80 Å². The number of rotatable bonds is 2. The Labute approximate surface area is 310 Å². The highest BCUT2D eigenvalue weighted by atomic mass is 16.2. The predicted octanol–water partition coefficient (Wildman–Crippen LogP) is 10.6. The van der Waals surface area contributed by atoms with Gasteiger partial charge in [0.2, 0.25) is 5.91 Å². The van der Waals surface area contributed by atoms with Crippen molar-refractivity contribution < 1.29 is 9.59 Å². The third kappa shape index (κ3) is 3.68. The molecule has 4 heteroatoms. The van der Waals surface area contributed by atoms with Crippen LogP contribution in [0.1, 0.15) is 94.8 Å². The first kappa shape index (κ1) is 31.1. The first-order valence-corrected chi connectivity index (χ1v) is 19.2. The number of allylic oxidation sites excluding steroid dienone is 9. The van der Waals surface area contributed by atoms with E-state index in [9.17, 15) is 9.59 Å². The predicted molar refractivity (Wildman–Crippen MR) is 215 cm³/mol. The molecule has 0 N–H and O–H groups in total. The molecule has 0 spiro atoms. The van der Waals surface area contributed by atoms with Crippen molar-refractivity contribution in [1.29, 1.82) is 0 Å². The highest BCUT2D eigenvalue weighted by Gasteiger charge is 2.52. The molecule has 2 heterocycles. The van der Waals surface area contributed by atoms with Crippen molar-refractivity contribution in [3.8, 4) is 11.1 Å². The van der Waals surface area contributed by atoms with Crippen molar-refractivity contribution in [2.24, 2.45) is 11.8 Å². The van der Waals surface area contributed by atoms with Crippen molar-refractivity contribution in [3.63, 3.8) is 0 Å². The largest absolute Gasteiger partial charge is 0.361 e. The Morgan fingerprint density at radius 1 is 0.792 bits per heavy atom. The van der Waals surface area contributed by atoms with Gasteiger partial charge in [0.25, 0.3) is 5.91 Å². The fourth-order valence-electron chi connectivity index (χ4n) is 11.5. The van der Waals surface area contributed by atoms with Crippen LogP contribution in [-0.4, -0.2) is 41.8 Å². The Balaban J connectivity index is 1.38. The Hall–Kier alpha value is -5.44. The molecule has 5 aliphatic carbocycles. The van der Waals surface area contributed by atoms with E-state index in [4.69, 9.17) is 0 Å². The van der Waals surface area contributed by atoms with Crippen LogP contribution in [0.5, 0.6) is 0 Å². The zero-order valence-corrected chi connectivity index (χ0v) is 31.5. The van der Waals surface area contributed by atoms with E-state index in [-0.39, 0.29) is 41.5 Å². The monoisotopic (exact) mass is 690 g/mol. The van der Waals surface area contributed by atoms with Gasteiger partial charge in [0.05, 0.1) is 17.7 Å². The fourth-order valence-corrected chi connectivity index (χ4v) is 11.5. The van der Waals surface area contributed by atoms with Crippen LogP contribution in [0.2, 0.25) is 0 Å². The molecule has 0 fully saturated rings. The van der Waals surface area contributed by atoms with Gasteiger partial charge in [-0.25, -0.2) is 0 Å². The zero-order chi connectivity index (χ0) is 36.5. The molecule has 0 saturated carbocycles. The van der Waals surface area contributed by atoms with E-state index in [2.05, 4.69) is 120 Å². The fraction of sp³-hybridized carbons (Fsp3) is 0.286. The van der Waals surface area contributed by atoms with E-state index in [1.807, 2.05) is 0 Å². The summed E-state index contributed by atoms with van der Waals surface area (Å²) in [6.45, 7) is 15.4. The van der Waals surface area contributed by atoms with E-state index >= 15 is 0 Å². The van der Waals surface area contributed by atoms with Crippen LogP contribution in [0, 0.1) is 25.7 Å². The van der Waals surface area contributed by atoms with Crippen molar-refractivity contribution in [3.05, 3.63) is 140 Å². The van der Waals surface area contributed by atoms with Crippen molar-refractivity contribution in [2.45, 2.75) is 65.3 Å².